The first-order valence-electron chi connectivity index (χ1n) is 8.72. The molecule has 0 fully saturated rings. The molecule has 0 unspecified atom stereocenters. The van der Waals surface area contributed by atoms with Crippen LogP contribution in [-0.2, 0) is 16.4 Å². The van der Waals surface area contributed by atoms with Gasteiger partial charge in [0.15, 0.2) is 0 Å². The number of rotatable bonds is 3. The number of benzene rings is 2. The maximum Gasteiger partial charge on any atom is 0.264 e. The maximum absolute atomic E-state index is 13.0. The second-order valence-corrected chi connectivity index (χ2v) is 9.40. The van der Waals surface area contributed by atoms with Crippen molar-refractivity contribution < 1.29 is 13.2 Å². The number of aryl methyl sites for hydroxylation is 1. The van der Waals surface area contributed by atoms with E-state index in [1.54, 1.807) is 42.5 Å². The third kappa shape index (κ3) is 3.75. The van der Waals surface area contributed by atoms with Gasteiger partial charge in [0.2, 0.25) is 0 Å². The number of carbonyl (C=O) groups excluding carboxylic acids is 1. The summed E-state index contributed by atoms with van der Waals surface area (Å²) in [4.78, 5) is 12.7. The number of sulfonamides is 1. The van der Waals surface area contributed by atoms with Crippen LogP contribution >= 0.6 is 0 Å². The van der Waals surface area contributed by atoms with Crippen LogP contribution in [0.25, 0.3) is 0 Å². The fourth-order valence-corrected chi connectivity index (χ4v) is 4.65. The van der Waals surface area contributed by atoms with Crippen LogP contribution in [0.3, 0.4) is 0 Å². The van der Waals surface area contributed by atoms with Gasteiger partial charge in [0.1, 0.15) is 0 Å². The lowest BCUT2D eigenvalue weighted by atomic mass is 10.00. The number of anilines is 1. The van der Waals surface area contributed by atoms with Crippen LogP contribution in [-0.4, -0.2) is 26.4 Å². The van der Waals surface area contributed by atoms with E-state index in [0.29, 0.717) is 17.8 Å². The number of amides is 1. The van der Waals surface area contributed by atoms with Crippen molar-refractivity contribution >= 4 is 21.6 Å². The SMILES string of the molecule is CC(C)(C)NC(=O)c1ccc2c(c1)CCCN2S(=O)(=O)c1ccccc1. The molecule has 0 aliphatic carbocycles. The molecule has 1 amide bonds. The van der Waals surface area contributed by atoms with Crippen LogP contribution in [0, 0.1) is 0 Å². The van der Waals surface area contributed by atoms with Gasteiger partial charge in [-0.1, -0.05) is 18.2 Å². The molecule has 6 heteroatoms. The van der Waals surface area contributed by atoms with Crippen molar-refractivity contribution in [3.8, 4) is 0 Å². The molecule has 0 spiro atoms. The maximum atomic E-state index is 13.0. The van der Waals surface area contributed by atoms with Gasteiger partial charge in [-0.2, -0.15) is 0 Å². The molecule has 0 radical (unpaired) electrons. The molecule has 5 nitrogen and oxygen atoms in total. The monoisotopic (exact) mass is 372 g/mol. The molecular formula is C20H24N2O3S. The van der Waals surface area contributed by atoms with Crippen LogP contribution in [0.5, 0.6) is 0 Å². The second-order valence-electron chi connectivity index (χ2n) is 7.54. The van der Waals surface area contributed by atoms with E-state index in [0.717, 1.165) is 18.4 Å². The van der Waals surface area contributed by atoms with E-state index in [1.165, 1.54) is 4.31 Å². The Morgan fingerprint density at radius 1 is 1.08 bits per heavy atom. The average Bonchev–Trinajstić information content (AvgIpc) is 2.60. The number of nitrogens with one attached hydrogen (secondary N) is 1. The minimum Gasteiger partial charge on any atom is -0.347 e. The Bertz CT molecular complexity index is 916. The number of nitrogens with zero attached hydrogens (tertiary/aromatic N) is 1. The normalized spacial score (nSPS) is 14.7. The van der Waals surface area contributed by atoms with E-state index in [2.05, 4.69) is 5.32 Å². The molecule has 26 heavy (non-hydrogen) atoms. The highest BCUT2D eigenvalue weighted by Crippen LogP contribution is 2.32. The predicted molar refractivity (Wildman–Crippen MR) is 103 cm³/mol. The van der Waals surface area contributed by atoms with Crippen LogP contribution < -0.4 is 9.62 Å². The molecule has 0 bridgehead atoms. The van der Waals surface area contributed by atoms with Crippen LogP contribution in [0.1, 0.15) is 43.1 Å². The van der Waals surface area contributed by atoms with E-state index in [-0.39, 0.29) is 16.3 Å². The van der Waals surface area contributed by atoms with Crippen LogP contribution in [0.15, 0.2) is 53.4 Å². The Kier molecular flexibility index (Phi) is 4.80. The summed E-state index contributed by atoms with van der Waals surface area (Å²) in [7, 11) is -3.60. The Morgan fingerprint density at radius 3 is 2.42 bits per heavy atom. The summed E-state index contributed by atoms with van der Waals surface area (Å²) in [6.07, 6.45) is 1.48. The standard InChI is InChI=1S/C20H24N2O3S/c1-20(2,3)21-19(23)16-11-12-18-15(14-16)8-7-13-22(18)26(24,25)17-9-5-4-6-10-17/h4-6,9-12,14H,7-8,13H2,1-3H3,(H,21,23). The minimum absolute atomic E-state index is 0.150. The Morgan fingerprint density at radius 2 is 1.77 bits per heavy atom. The van der Waals surface area contributed by atoms with Gasteiger partial charge in [-0.25, -0.2) is 8.42 Å². The van der Waals surface area contributed by atoms with Crippen molar-refractivity contribution in [1.82, 2.24) is 5.32 Å². The molecule has 1 aliphatic rings. The number of fused-ring (bicyclic) bond motifs is 1. The zero-order valence-corrected chi connectivity index (χ0v) is 16.1. The molecule has 1 heterocycles. The minimum atomic E-state index is -3.60. The molecule has 0 saturated carbocycles. The first kappa shape index (κ1) is 18.5. The number of hydrogen-bond donors (Lipinski definition) is 1. The highest BCUT2D eigenvalue weighted by atomic mass is 32.2. The van der Waals surface area contributed by atoms with Crippen molar-refractivity contribution in [2.75, 3.05) is 10.8 Å². The number of carbonyl (C=O) groups is 1. The Labute approximate surface area is 155 Å². The predicted octanol–water partition coefficient (Wildman–Crippen LogP) is 3.36. The molecule has 0 aromatic heterocycles. The van der Waals surface area contributed by atoms with Gasteiger partial charge in [0, 0.05) is 17.6 Å². The second kappa shape index (κ2) is 6.76. The Balaban J connectivity index is 1.95. The first-order valence-corrected chi connectivity index (χ1v) is 10.2. The van der Waals surface area contributed by atoms with Gasteiger partial charge < -0.3 is 5.32 Å². The summed E-state index contributed by atoms with van der Waals surface area (Å²) in [5, 5.41) is 2.94. The molecule has 2 aromatic carbocycles. The van der Waals surface area contributed by atoms with Crippen LogP contribution in [0.4, 0.5) is 5.69 Å². The van der Waals surface area contributed by atoms with Gasteiger partial charge in [0.05, 0.1) is 10.6 Å². The summed E-state index contributed by atoms with van der Waals surface area (Å²) in [6, 6.07) is 13.7. The Hall–Kier alpha value is -2.34. The summed E-state index contributed by atoms with van der Waals surface area (Å²) in [5.74, 6) is -0.150. The van der Waals surface area contributed by atoms with Gasteiger partial charge in [0.25, 0.3) is 15.9 Å². The molecule has 138 valence electrons. The van der Waals surface area contributed by atoms with Gasteiger partial charge in [-0.05, 0) is 69.5 Å². The molecular weight excluding hydrogens is 348 g/mol. The molecule has 1 N–H and O–H groups in total. The lowest BCUT2D eigenvalue weighted by molar-refractivity contribution is 0.0919. The summed E-state index contributed by atoms with van der Waals surface area (Å²) in [6.45, 7) is 6.23. The highest BCUT2D eigenvalue weighted by molar-refractivity contribution is 7.92. The van der Waals surface area contributed by atoms with Gasteiger partial charge >= 0.3 is 0 Å². The summed E-state index contributed by atoms with van der Waals surface area (Å²) in [5.41, 5.74) is 1.78. The molecule has 0 saturated heterocycles. The van der Waals surface area contributed by atoms with E-state index < -0.39 is 10.0 Å². The quantitative estimate of drug-likeness (QED) is 0.898. The first-order chi connectivity index (χ1) is 12.2. The fraction of sp³-hybridized carbons (Fsp3) is 0.350. The van der Waals surface area contributed by atoms with E-state index in [4.69, 9.17) is 0 Å². The fourth-order valence-electron chi connectivity index (χ4n) is 3.09. The third-order valence-electron chi connectivity index (χ3n) is 4.24. The lowest BCUT2D eigenvalue weighted by Crippen LogP contribution is -2.40. The smallest absolute Gasteiger partial charge is 0.264 e. The lowest BCUT2D eigenvalue weighted by Gasteiger charge is -2.31. The van der Waals surface area contributed by atoms with Crippen molar-refractivity contribution in [1.29, 1.82) is 0 Å². The van der Waals surface area contributed by atoms with Crippen molar-refractivity contribution in [3.63, 3.8) is 0 Å². The molecule has 2 aromatic rings. The van der Waals surface area contributed by atoms with Crippen molar-refractivity contribution in [3.05, 3.63) is 59.7 Å². The molecule has 1 aliphatic heterocycles. The summed E-state index contributed by atoms with van der Waals surface area (Å²) >= 11 is 0. The molecule has 3 rings (SSSR count). The zero-order valence-electron chi connectivity index (χ0n) is 15.3. The third-order valence-corrected chi connectivity index (χ3v) is 6.06. The van der Waals surface area contributed by atoms with Crippen LogP contribution in [0.2, 0.25) is 0 Å². The van der Waals surface area contributed by atoms with E-state index >= 15 is 0 Å². The summed E-state index contributed by atoms with van der Waals surface area (Å²) < 4.78 is 27.5. The average molecular weight is 372 g/mol. The topological polar surface area (TPSA) is 66.5 Å². The van der Waals surface area contributed by atoms with Crippen molar-refractivity contribution in [2.45, 2.75) is 44.0 Å². The van der Waals surface area contributed by atoms with E-state index in [9.17, 15) is 13.2 Å². The highest BCUT2D eigenvalue weighted by Gasteiger charge is 2.29. The van der Waals surface area contributed by atoms with Gasteiger partial charge in [-0.15, -0.1) is 0 Å². The largest absolute Gasteiger partial charge is 0.347 e. The zero-order chi connectivity index (χ0) is 18.9. The van der Waals surface area contributed by atoms with Gasteiger partial charge in [-0.3, -0.25) is 9.10 Å². The molecule has 0 atom stereocenters. The van der Waals surface area contributed by atoms with Crippen molar-refractivity contribution in [2.24, 2.45) is 0 Å². The van der Waals surface area contributed by atoms with E-state index in [1.807, 2.05) is 26.8 Å². The number of hydrogen-bond acceptors (Lipinski definition) is 3.